The first-order chi connectivity index (χ1) is 6.93. The minimum absolute atomic E-state index is 0.128. The van der Waals surface area contributed by atoms with Gasteiger partial charge in [0.1, 0.15) is 16.5 Å². The largest absolute Gasteiger partial charge is 0.664 e. The van der Waals surface area contributed by atoms with E-state index < -0.39 is 27.5 Å². The molecule has 1 aliphatic rings. The summed E-state index contributed by atoms with van der Waals surface area (Å²) in [6.07, 6.45) is 0. The van der Waals surface area contributed by atoms with Gasteiger partial charge in [0.05, 0.1) is 6.67 Å². The Balaban J connectivity index is 3.16. The zero-order valence-corrected chi connectivity index (χ0v) is 7.15. The molecule has 1 aliphatic heterocycles. The van der Waals surface area contributed by atoms with E-state index in [9.17, 15) is 30.3 Å². The Morgan fingerprint density at radius 1 is 1.13 bits per heavy atom. The SMILES string of the molecule is O=[N+]([O-])N1CNCNC1([N+](=O)[O-])[N+](=O)[O-]. The molecule has 0 amide bonds. The van der Waals surface area contributed by atoms with Crippen LogP contribution in [0.4, 0.5) is 0 Å². The molecule has 1 saturated heterocycles. The van der Waals surface area contributed by atoms with Crippen molar-refractivity contribution in [2.45, 2.75) is 5.91 Å². The maximum absolute atomic E-state index is 10.6. The summed E-state index contributed by atoms with van der Waals surface area (Å²) in [5.41, 5.74) is 0. The van der Waals surface area contributed by atoms with Crippen molar-refractivity contribution in [3.8, 4) is 0 Å². The Bertz CT molecular complexity index is 302. The highest BCUT2D eigenvalue weighted by Gasteiger charge is 2.70. The van der Waals surface area contributed by atoms with Crippen LogP contribution in [0.25, 0.3) is 0 Å². The van der Waals surface area contributed by atoms with Crippen LogP contribution in [0, 0.1) is 30.3 Å². The topological polar surface area (TPSA) is 157 Å². The predicted octanol–water partition coefficient (Wildman–Crippen LogP) is -2.25. The van der Waals surface area contributed by atoms with E-state index in [1.807, 2.05) is 5.32 Å². The van der Waals surface area contributed by atoms with Crippen molar-refractivity contribution in [2.24, 2.45) is 0 Å². The first-order valence-electron chi connectivity index (χ1n) is 3.59. The van der Waals surface area contributed by atoms with Gasteiger partial charge in [0, 0.05) is 5.01 Å². The summed E-state index contributed by atoms with van der Waals surface area (Å²) in [5, 5.41) is 34.4. The number of rotatable bonds is 3. The van der Waals surface area contributed by atoms with Gasteiger partial charge in [-0.3, -0.25) is 25.5 Å². The molecule has 0 unspecified atom stereocenters. The summed E-state index contributed by atoms with van der Waals surface area (Å²) in [7, 11) is 0. The van der Waals surface area contributed by atoms with Gasteiger partial charge in [0.25, 0.3) is 0 Å². The van der Waals surface area contributed by atoms with E-state index in [2.05, 4.69) is 5.32 Å². The summed E-state index contributed by atoms with van der Waals surface area (Å²) in [6.45, 7) is -0.867. The van der Waals surface area contributed by atoms with Crippen molar-refractivity contribution in [1.29, 1.82) is 0 Å². The van der Waals surface area contributed by atoms with Crippen molar-refractivity contribution < 1.29 is 14.9 Å². The van der Waals surface area contributed by atoms with E-state index in [0.29, 0.717) is 0 Å². The monoisotopic (exact) mass is 222 g/mol. The highest BCUT2D eigenvalue weighted by molar-refractivity contribution is 4.65. The molecule has 12 nitrogen and oxygen atoms in total. The third-order valence-corrected chi connectivity index (χ3v) is 1.78. The zero-order chi connectivity index (χ0) is 11.6. The molecule has 1 rings (SSSR count). The zero-order valence-electron chi connectivity index (χ0n) is 7.15. The fourth-order valence-electron chi connectivity index (χ4n) is 1.10. The molecule has 0 aliphatic carbocycles. The van der Waals surface area contributed by atoms with E-state index in [1.54, 1.807) is 0 Å². The normalized spacial score (nSPS) is 19.6. The quantitative estimate of drug-likeness (QED) is 0.305. The lowest BCUT2D eigenvalue weighted by Crippen LogP contribution is -2.76. The molecule has 0 atom stereocenters. The maximum atomic E-state index is 10.6. The van der Waals surface area contributed by atoms with Gasteiger partial charge in [-0.15, -0.1) is 5.32 Å². The standard InChI is InChI=1S/C3H6N6O6/c10-7(11)3(8(12)13)5-1-4-2-6(3)9(14)15/h4-5H,1-2H2. The Morgan fingerprint density at radius 3 is 2.00 bits per heavy atom. The molecule has 2 N–H and O–H groups in total. The van der Waals surface area contributed by atoms with Crippen LogP contribution in [0.5, 0.6) is 0 Å². The van der Waals surface area contributed by atoms with E-state index in [-0.39, 0.29) is 11.7 Å². The number of hydrogen-bond acceptors (Lipinski definition) is 8. The van der Waals surface area contributed by atoms with Crippen molar-refractivity contribution in [1.82, 2.24) is 15.6 Å². The molecule has 0 aromatic heterocycles. The molecular formula is C3H6N6O6. The Kier molecular flexibility index (Phi) is 2.63. The number of nitrogens with one attached hydrogen (secondary N) is 2. The fourth-order valence-corrected chi connectivity index (χ4v) is 1.10. The molecule has 0 spiro atoms. The van der Waals surface area contributed by atoms with Gasteiger partial charge in [0.2, 0.25) is 0 Å². The molecule has 0 aromatic rings. The third-order valence-electron chi connectivity index (χ3n) is 1.78. The van der Waals surface area contributed by atoms with Crippen molar-refractivity contribution >= 4 is 0 Å². The molecule has 0 saturated carbocycles. The maximum Gasteiger partial charge on any atom is 0.664 e. The smallest absolute Gasteiger partial charge is 0.281 e. The molecule has 0 bridgehead atoms. The lowest BCUT2D eigenvalue weighted by Gasteiger charge is -2.26. The van der Waals surface area contributed by atoms with Crippen LogP contribution >= 0.6 is 0 Å². The van der Waals surface area contributed by atoms with Crippen molar-refractivity contribution in [3.63, 3.8) is 0 Å². The van der Waals surface area contributed by atoms with Crippen LogP contribution in [0.3, 0.4) is 0 Å². The molecule has 15 heavy (non-hydrogen) atoms. The van der Waals surface area contributed by atoms with E-state index in [1.165, 1.54) is 0 Å². The summed E-state index contributed by atoms with van der Waals surface area (Å²) in [5.74, 6) is -3.12. The average Bonchev–Trinajstić information content (AvgIpc) is 2.16. The minimum Gasteiger partial charge on any atom is -0.281 e. The number of hydrogen-bond donors (Lipinski definition) is 2. The minimum atomic E-state index is -3.12. The Morgan fingerprint density at radius 2 is 1.67 bits per heavy atom. The molecule has 0 radical (unpaired) electrons. The highest BCUT2D eigenvalue weighted by atomic mass is 16.7. The summed E-state index contributed by atoms with van der Waals surface area (Å²) in [4.78, 5) is 28.8. The Hall–Kier alpha value is -2.08. The predicted molar refractivity (Wildman–Crippen MR) is 41.6 cm³/mol. The molecular weight excluding hydrogens is 216 g/mol. The van der Waals surface area contributed by atoms with Crippen molar-refractivity contribution in [2.75, 3.05) is 13.3 Å². The van der Waals surface area contributed by atoms with Gasteiger partial charge >= 0.3 is 5.91 Å². The lowest BCUT2D eigenvalue weighted by molar-refractivity contribution is -0.907. The highest BCUT2D eigenvalue weighted by Crippen LogP contribution is 2.15. The van der Waals surface area contributed by atoms with Crippen molar-refractivity contribution in [3.05, 3.63) is 30.3 Å². The molecule has 1 heterocycles. The van der Waals surface area contributed by atoms with Gasteiger partial charge in [-0.05, 0) is 0 Å². The second-order valence-electron chi connectivity index (χ2n) is 2.55. The third kappa shape index (κ3) is 1.50. The molecule has 0 aromatic carbocycles. The van der Waals surface area contributed by atoms with Crippen LogP contribution in [0.15, 0.2) is 0 Å². The van der Waals surface area contributed by atoms with Gasteiger partial charge < -0.3 is 0 Å². The van der Waals surface area contributed by atoms with Crippen LogP contribution in [0.2, 0.25) is 0 Å². The van der Waals surface area contributed by atoms with Gasteiger partial charge in [-0.2, -0.15) is 0 Å². The van der Waals surface area contributed by atoms with Crippen LogP contribution < -0.4 is 10.6 Å². The number of nitrogens with zero attached hydrogens (tertiary/aromatic N) is 4. The van der Waals surface area contributed by atoms with Gasteiger partial charge in [-0.25, -0.2) is 10.1 Å². The molecule has 1 fully saturated rings. The van der Waals surface area contributed by atoms with E-state index >= 15 is 0 Å². The number of nitro groups is 3. The van der Waals surface area contributed by atoms with E-state index in [0.717, 1.165) is 0 Å². The lowest BCUT2D eigenvalue weighted by atomic mass is 10.5. The van der Waals surface area contributed by atoms with E-state index in [4.69, 9.17) is 0 Å². The first-order valence-corrected chi connectivity index (χ1v) is 3.59. The first kappa shape index (κ1) is 11.0. The summed E-state index contributed by atoms with van der Waals surface area (Å²) >= 11 is 0. The van der Waals surface area contributed by atoms with Crippen LogP contribution in [-0.4, -0.2) is 39.1 Å². The number of hydrazine groups is 1. The van der Waals surface area contributed by atoms with Gasteiger partial charge in [0.15, 0.2) is 5.03 Å². The summed E-state index contributed by atoms with van der Waals surface area (Å²) < 4.78 is 0. The average molecular weight is 222 g/mol. The van der Waals surface area contributed by atoms with Gasteiger partial charge in [-0.1, -0.05) is 0 Å². The molecule has 84 valence electrons. The summed E-state index contributed by atoms with van der Waals surface area (Å²) in [6, 6.07) is 0. The fraction of sp³-hybridized carbons (Fsp3) is 1.00. The molecule has 12 heteroatoms. The van der Waals surface area contributed by atoms with Crippen LogP contribution in [0.1, 0.15) is 0 Å². The second-order valence-corrected chi connectivity index (χ2v) is 2.55. The second kappa shape index (κ2) is 3.58. The van der Waals surface area contributed by atoms with Crippen LogP contribution in [-0.2, 0) is 0 Å². The Labute approximate surface area is 81.3 Å².